The van der Waals surface area contributed by atoms with Crippen molar-refractivity contribution < 1.29 is 33.8 Å². The van der Waals surface area contributed by atoms with Gasteiger partial charge in [-0.05, 0) is 32.9 Å². The van der Waals surface area contributed by atoms with Crippen LogP contribution in [0.3, 0.4) is 0 Å². The van der Waals surface area contributed by atoms with Crippen LogP contribution in [0.25, 0.3) is 0 Å². The van der Waals surface area contributed by atoms with Crippen LogP contribution in [-0.2, 0) is 9.47 Å². The third-order valence-corrected chi connectivity index (χ3v) is 1.91. The Kier molecular flexibility index (Phi) is 8.26. The summed E-state index contributed by atoms with van der Waals surface area (Å²) < 4.78 is 13.4. The Morgan fingerprint density at radius 3 is 2.08 bits per heavy atom. The van der Waals surface area contributed by atoms with Crippen LogP contribution < -0.4 is 4.74 Å². The van der Waals surface area contributed by atoms with Crippen LogP contribution in [0, 0.1) is 10.1 Å². The summed E-state index contributed by atoms with van der Waals surface area (Å²) in [6.45, 7) is 7.61. The summed E-state index contributed by atoms with van der Waals surface area (Å²) in [6.07, 6.45) is -2.29. The molecule has 0 amide bonds. The number of carboxylic acid groups (broad SMARTS) is 1. The zero-order chi connectivity index (χ0) is 18.9. The molecule has 0 bridgehead atoms. The molecule has 0 aliphatic heterocycles. The summed E-state index contributed by atoms with van der Waals surface area (Å²) in [6, 6.07) is 5.02. The van der Waals surface area contributed by atoms with E-state index in [1.165, 1.54) is 45.0 Å². The molecule has 0 fully saturated rings. The molecule has 0 aromatic heterocycles. The first kappa shape index (κ1) is 21.2. The molecule has 1 aromatic carbocycles. The number of ether oxygens (including phenoxy) is 3. The van der Waals surface area contributed by atoms with Crippen LogP contribution in [0.5, 0.6) is 5.75 Å². The van der Waals surface area contributed by atoms with Crippen molar-refractivity contribution in [1.82, 2.24) is 0 Å². The molecule has 0 radical (unpaired) electrons. The zero-order valence-electron chi connectivity index (χ0n) is 13.1. The Labute approximate surface area is 142 Å². The van der Waals surface area contributed by atoms with Crippen molar-refractivity contribution in [2.45, 2.75) is 25.8 Å². The predicted molar refractivity (Wildman–Crippen MR) is 84.1 cm³/mol. The maximum Gasteiger partial charge on any atom is 0.515 e. The fourth-order valence-corrected chi connectivity index (χ4v) is 1.16. The molecule has 0 unspecified atom stereocenters. The van der Waals surface area contributed by atoms with Gasteiger partial charge >= 0.3 is 12.3 Å². The first-order valence-electron chi connectivity index (χ1n) is 6.31. The van der Waals surface area contributed by atoms with Gasteiger partial charge in [0.25, 0.3) is 5.69 Å². The normalized spacial score (nSPS) is 9.83. The van der Waals surface area contributed by atoms with Gasteiger partial charge in [0.2, 0.25) is 0 Å². The van der Waals surface area contributed by atoms with E-state index >= 15 is 0 Å². The first-order valence-corrected chi connectivity index (χ1v) is 6.69. The fraction of sp³-hybridized carbons (Fsp3) is 0.286. The summed E-state index contributed by atoms with van der Waals surface area (Å²) in [5, 5.41) is 17.0. The molecular formula is C14H16ClNO8. The molecular weight excluding hydrogens is 346 g/mol. The number of carbonyl (C=O) groups excluding carboxylic acids is 1. The minimum atomic E-state index is -1.31. The van der Waals surface area contributed by atoms with E-state index in [4.69, 9.17) is 21.4 Å². The van der Waals surface area contributed by atoms with E-state index in [1.807, 2.05) is 0 Å². The maximum atomic E-state index is 11.2. The van der Waals surface area contributed by atoms with E-state index in [0.717, 1.165) is 0 Å². The van der Waals surface area contributed by atoms with Gasteiger partial charge in [-0.1, -0.05) is 18.2 Å². The number of alkyl halides is 1. The summed E-state index contributed by atoms with van der Waals surface area (Å²) in [5.74, 6) is 0.328. The van der Waals surface area contributed by atoms with Gasteiger partial charge in [0.1, 0.15) is 11.5 Å². The van der Waals surface area contributed by atoms with Crippen molar-refractivity contribution in [2.24, 2.45) is 0 Å². The van der Waals surface area contributed by atoms with Gasteiger partial charge in [0, 0.05) is 12.1 Å². The molecule has 0 heterocycles. The summed E-state index contributed by atoms with van der Waals surface area (Å²) in [7, 11) is 0. The number of carbonyl (C=O) groups is 2. The quantitative estimate of drug-likeness (QED) is 0.210. The third-order valence-electron chi connectivity index (χ3n) is 1.84. The molecule has 1 aromatic rings. The zero-order valence-corrected chi connectivity index (χ0v) is 13.9. The molecule has 1 N–H and O–H groups in total. The Morgan fingerprint density at radius 1 is 1.29 bits per heavy atom. The molecule has 0 aliphatic carbocycles. The molecule has 1 rings (SSSR count). The lowest BCUT2D eigenvalue weighted by atomic mass is 10.3. The Balaban J connectivity index is 0.000000640. The van der Waals surface area contributed by atoms with Gasteiger partial charge in [0.15, 0.2) is 5.06 Å². The smallest absolute Gasteiger partial charge is 0.449 e. The van der Waals surface area contributed by atoms with Gasteiger partial charge in [-0.3, -0.25) is 10.1 Å². The van der Waals surface area contributed by atoms with Crippen LogP contribution in [0.1, 0.15) is 20.8 Å². The molecule has 0 atom stereocenters. The SMILES string of the molecule is C=C(C)OC(=O)O.CC(C)(Cl)OC(=O)Oc1ccc([N+](=O)[O-])cc1. The monoisotopic (exact) mass is 361 g/mol. The number of nitro benzene ring substituents is 1. The van der Waals surface area contributed by atoms with Gasteiger partial charge in [-0.25, -0.2) is 9.59 Å². The van der Waals surface area contributed by atoms with E-state index in [-0.39, 0.29) is 17.2 Å². The van der Waals surface area contributed by atoms with E-state index in [9.17, 15) is 19.7 Å². The Bertz CT molecular complexity index is 594. The lowest BCUT2D eigenvalue weighted by molar-refractivity contribution is -0.384. The minimum absolute atomic E-state index is 0.0941. The molecule has 0 saturated carbocycles. The highest BCUT2D eigenvalue weighted by Gasteiger charge is 2.20. The lowest BCUT2D eigenvalue weighted by Gasteiger charge is -2.15. The number of halogens is 1. The van der Waals surface area contributed by atoms with Crippen LogP contribution in [0.2, 0.25) is 0 Å². The van der Waals surface area contributed by atoms with E-state index < -0.39 is 22.3 Å². The maximum absolute atomic E-state index is 11.2. The summed E-state index contributed by atoms with van der Waals surface area (Å²) in [5.41, 5.74) is -0.0941. The average molecular weight is 362 g/mol. The van der Waals surface area contributed by atoms with Gasteiger partial charge in [-0.2, -0.15) is 0 Å². The van der Waals surface area contributed by atoms with Gasteiger partial charge in [0.05, 0.1) is 4.92 Å². The second-order valence-electron chi connectivity index (χ2n) is 4.64. The topological polar surface area (TPSA) is 125 Å². The Hall–Kier alpha value is -2.81. The van der Waals surface area contributed by atoms with E-state index in [0.29, 0.717) is 0 Å². The molecule has 132 valence electrons. The second kappa shape index (κ2) is 9.36. The highest BCUT2D eigenvalue weighted by molar-refractivity contribution is 6.22. The van der Waals surface area contributed by atoms with Crippen LogP contribution in [0.15, 0.2) is 36.6 Å². The van der Waals surface area contributed by atoms with Crippen molar-refractivity contribution in [2.75, 3.05) is 0 Å². The van der Waals surface area contributed by atoms with Crippen molar-refractivity contribution in [1.29, 1.82) is 0 Å². The van der Waals surface area contributed by atoms with Crippen molar-refractivity contribution in [3.8, 4) is 5.75 Å². The third kappa shape index (κ3) is 10.9. The van der Waals surface area contributed by atoms with Crippen LogP contribution in [-0.4, -0.2) is 27.4 Å². The highest BCUT2D eigenvalue weighted by atomic mass is 35.5. The largest absolute Gasteiger partial charge is 0.515 e. The first-order chi connectivity index (χ1) is 10.9. The standard InChI is InChI=1S/C10H10ClNO5.C4H6O3/c1-10(2,11)17-9(13)16-8-5-3-7(4-6-8)12(14)15;1-3(2)7-4(5)6/h3-6H,1-2H3;1H2,2H3,(H,5,6). The molecule has 0 aliphatic rings. The fourth-order valence-electron chi connectivity index (χ4n) is 1.10. The molecule has 10 heteroatoms. The van der Waals surface area contributed by atoms with E-state index in [1.54, 1.807) is 0 Å². The number of hydrogen-bond donors (Lipinski definition) is 1. The minimum Gasteiger partial charge on any atom is -0.449 e. The number of nitrogens with zero attached hydrogens (tertiary/aromatic N) is 1. The van der Waals surface area contributed by atoms with Crippen molar-refractivity contribution >= 4 is 29.6 Å². The number of non-ortho nitro benzene ring substituents is 1. The molecule has 9 nitrogen and oxygen atoms in total. The highest BCUT2D eigenvalue weighted by Crippen LogP contribution is 2.20. The number of benzene rings is 1. The lowest BCUT2D eigenvalue weighted by Crippen LogP contribution is -2.23. The summed E-state index contributed by atoms with van der Waals surface area (Å²) >= 11 is 5.65. The van der Waals surface area contributed by atoms with Crippen molar-refractivity contribution in [3.05, 3.63) is 46.7 Å². The number of hydrogen-bond acceptors (Lipinski definition) is 7. The Morgan fingerprint density at radius 2 is 1.79 bits per heavy atom. The number of nitro groups is 1. The number of allylic oxidation sites excluding steroid dienone is 1. The average Bonchev–Trinajstić information content (AvgIpc) is 2.35. The molecule has 0 saturated heterocycles. The second-order valence-corrected chi connectivity index (χ2v) is 5.55. The predicted octanol–water partition coefficient (Wildman–Crippen LogP) is 4.30. The number of rotatable bonds is 4. The van der Waals surface area contributed by atoms with E-state index in [2.05, 4.69) is 16.1 Å². The molecule has 0 spiro atoms. The van der Waals surface area contributed by atoms with Crippen LogP contribution >= 0.6 is 11.6 Å². The van der Waals surface area contributed by atoms with Gasteiger partial charge < -0.3 is 19.3 Å². The molecule has 24 heavy (non-hydrogen) atoms. The van der Waals surface area contributed by atoms with Crippen molar-refractivity contribution in [3.63, 3.8) is 0 Å². The van der Waals surface area contributed by atoms with Crippen LogP contribution in [0.4, 0.5) is 15.3 Å². The van der Waals surface area contributed by atoms with Gasteiger partial charge in [-0.15, -0.1) is 0 Å². The summed E-state index contributed by atoms with van der Waals surface area (Å²) in [4.78, 5) is 30.5.